The summed E-state index contributed by atoms with van der Waals surface area (Å²) in [4.78, 5) is 61.9. The lowest BCUT2D eigenvalue weighted by atomic mass is 9.85. The molecule has 1 saturated carbocycles. The molecule has 270 valence electrons. The van der Waals surface area contributed by atoms with E-state index in [0.29, 0.717) is 35.7 Å². The van der Waals surface area contributed by atoms with Crippen molar-refractivity contribution in [3.63, 3.8) is 0 Å². The van der Waals surface area contributed by atoms with Gasteiger partial charge in [0.15, 0.2) is 17.2 Å². The predicted molar refractivity (Wildman–Crippen MR) is 188 cm³/mol. The van der Waals surface area contributed by atoms with Crippen LogP contribution >= 0.6 is 11.6 Å². The van der Waals surface area contributed by atoms with Gasteiger partial charge in [-0.2, -0.15) is 0 Å². The number of hydrogen-bond acceptors (Lipinski definition) is 9. The van der Waals surface area contributed by atoms with Crippen molar-refractivity contribution >= 4 is 50.6 Å². The van der Waals surface area contributed by atoms with Crippen molar-refractivity contribution in [1.29, 1.82) is 0 Å². The fourth-order valence-electron chi connectivity index (χ4n) is 6.74. The number of sulfonamides is 1. The van der Waals surface area contributed by atoms with Crippen LogP contribution in [0.25, 0.3) is 0 Å². The molecule has 4 atom stereocenters. The Labute approximate surface area is 299 Å². The van der Waals surface area contributed by atoms with Gasteiger partial charge < -0.3 is 14.5 Å². The summed E-state index contributed by atoms with van der Waals surface area (Å²) in [6.07, 6.45) is 3.14. The molecule has 1 N–H and O–H groups in total. The highest BCUT2D eigenvalue weighted by Gasteiger charge is 2.54. The molecule has 2 aliphatic heterocycles. The number of Topliss-reactive ketones (excluding diaryl/α,β-unsaturated/α-hetero) is 3. The van der Waals surface area contributed by atoms with E-state index in [1.54, 1.807) is 30.3 Å². The van der Waals surface area contributed by atoms with E-state index in [1.807, 2.05) is 26.8 Å². The number of amides is 1. The fourth-order valence-corrected chi connectivity index (χ4v) is 8.32. The Morgan fingerprint density at radius 1 is 1.10 bits per heavy atom. The first-order valence-electron chi connectivity index (χ1n) is 17.3. The molecule has 1 amide bonds. The van der Waals surface area contributed by atoms with Crippen molar-refractivity contribution in [2.75, 3.05) is 13.7 Å². The summed E-state index contributed by atoms with van der Waals surface area (Å²) in [5, 5.41) is 4.87. The lowest BCUT2D eigenvalue weighted by Crippen LogP contribution is -2.47. The summed E-state index contributed by atoms with van der Waals surface area (Å²) in [5.74, 6) is -2.01. The van der Waals surface area contributed by atoms with Gasteiger partial charge >= 0.3 is 0 Å². The van der Waals surface area contributed by atoms with E-state index in [0.717, 1.165) is 18.4 Å². The Balaban J connectivity index is 1.37. The number of benzene rings is 2. The van der Waals surface area contributed by atoms with E-state index in [1.165, 1.54) is 24.1 Å². The molecule has 2 unspecified atom stereocenters. The van der Waals surface area contributed by atoms with Crippen LogP contribution in [0.5, 0.6) is 5.75 Å². The van der Waals surface area contributed by atoms with Crippen LogP contribution in [0.3, 0.4) is 0 Å². The van der Waals surface area contributed by atoms with E-state index in [4.69, 9.17) is 21.2 Å². The summed E-state index contributed by atoms with van der Waals surface area (Å²) in [7, 11) is -2.52. The number of nitrogens with zero attached hydrogens (tertiary/aromatic N) is 2. The van der Waals surface area contributed by atoms with E-state index in [9.17, 15) is 27.6 Å². The molecule has 1 saturated heterocycles. The quantitative estimate of drug-likeness (QED) is 0.210. The van der Waals surface area contributed by atoms with Crippen LogP contribution in [-0.2, 0) is 34.0 Å². The molecule has 2 aromatic rings. The molecule has 0 aromatic heterocycles. The Bertz CT molecular complexity index is 1740. The first-order chi connectivity index (χ1) is 23.7. The number of carbonyl (C=O) groups excluding carboxylic acids is 4. The minimum Gasteiger partial charge on any atom is -0.497 e. The number of ether oxygens (including phenoxy) is 1. The summed E-state index contributed by atoms with van der Waals surface area (Å²) in [6.45, 7) is 5.57. The van der Waals surface area contributed by atoms with Gasteiger partial charge in [0, 0.05) is 54.6 Å². The average molecular weight is 728 g/mol. The molecule has 1 spiro atoms. The zero-order chi connectivity index (χ0) is 36.2. The highest BCUT2D eigenvalue weighted by Crippen LogP contribution is 2.41. The van der Waals surface area contributed by atoms with Crippen molar-refractivity contribution in [2.45, 2.75) is 101 Å². The van der Waals surface area contributed by atoms with Gasteiger partial charge in [-0.3, -0.25) is 19.2 Å². The van der Waals surface area contributed by atoms with Gasteiger partial charge in [-0.15, -0.1) is 0 Å². The monoisotopic (exact) mass is 727 g/mol. The second kappa shape index (κ2) is 15.7. The highest BCUT2D eigenvalue weighted by atomic mass is 35.5. The summed E-state index contributed by atoms with van der Waals surface area (Å²) in [6, 6.07) is 11.4. The fraction of sp³-hybridized carbons (Fsp3) is 0.541. The van der Waals surface area contributed by atoms with Gasteiger partial charge in [0.25, 0.3) is 0 Å². The molecule has 1 aliphatic carbocycles. The van der Waals surface area contributed by atoms with Gasteiger partial charge in [0.2, 0.25) is 21.7 Å². The lowest BCUT2D eigenvalue weighted by molar-refractivity contribution is -0.142. The first-order valence-corrected chi connectivity index (χ1v) is 19.2. The first kappa shape index (κ1) is 37.6. The number of hydrogen-bond donors (Lipinski definition) is 1. The van der Waals surface area contributed by atoms with Crippen LogP contribution < -0.4 is 9.46 Å². The van der Waals surface area contributed by atoms with Crippen molar-refractivity contribution in [2.24, 2.45) is 22.9 Å². The normalized spacial score (nSPS) is 21.5. The standard InChI is InChI=1S/C37H46ClN3O8S/c1-5-7-26(36(45)34(43)16-24-10-11-24)18-33(42)32-21-37(20-31(39-49-37)25-8-6-9-27(38)17-25)22-41(32)35(44)19-30(23(2)3)40-50(46,47)29-14-12-28(48-4)13-15-29/h6,8-9,12-15,17,23-24,26,30,32,40H,5,7,10-11,16,18-22H2,1-4H3/t26-,30?,32+,37?/m1/s1. The van der Waals surface area contributed by atoms with Crippen LogP contribution in [0.15, 0.2) is 58.6 Å². The van der Waals surface area contributed by atoms with Crippen molar-refractivity contribution < 1.29 is 37.2 Å². The number of methoxy groups -OCH3 is 1. The van der Waals surface area contributed by atoms with Crippen LogP contribution in [0, 0.1) is 17.8 Å². The van der Waals surface area contributed by atoms with Crippen molar-refractivity contribution in [1.82, 2.24) is 9.62 Å². The Kier molecular flexibility index (Phi) is 11.8. The number of nitrogens with one attached hydrogen (secondary N) is 1. The van der Waals surface area contributed by atoms with Gasteiger partial charge in [-0.1, -0.05) is 56.1 Å². The highest BCUT2D eigenvalue weighted by molar-refractivity contribution is 7.89. The molecular weight excluding hydrogens is 682 g/mol. The maximum absolute atomic E-state index is 14.2. The zero-order valence-corrected chi connectivity index (χ0v) is 30.6. The molecule has 11 nitrogen and oxygen atoms in total. The van der Waals surface area contributed by atoms with Crippen molar-refractivity contribution in [3.05, 3.63) is 59.1 Å². The topological polar surface area (TPSA) is 149 Å². The lowest BCUT2D eigenvalue weighted by Gasteiger charge is -2.28. The van der Waals surface area contributed by atoms with Gasteiger partial charge in [-0.05, 0) is 67.5 Å². The van der Waals surface area contributed by atoms with Crippen molar-refractivity contribution in [3.8, 4) is 5.75 Å². The minimum atomic E-state index is -4.00. The zero-order valence-electron chi connectivity index (χ0n) is 29.0. The summed E-state index contributed by atoms with van der Waals surface area (Å²) in [5.41, 5.74) is 0.387. The number of oxime groups is 1. The Hall–Kier alpha value is -3.61. The molecule has 5 rings (SSSR count). The third-order valence-corrected chi connectivity index (χ3v) is 11.6. The molecule has 0 bridgehead atoms. The second-order valence-electron chi connectivity index (χ2n) is 14.2. The average Bonchev–Trinajstić information content (AvgIpc) is 3.68. The van der Waals surface area contributed by atoms with Crippen LogP contribution in [0.2, 0.25) is 5.02 Å². The Morgan fingerprint density at radius 2 is 1.82 bits per heavy atom. The van der Waals surface area contributed by atoms with Crippen LogP contribution in [-0.4, -0.2) is 73.6 Å². The van der Waals surface area contributed by atoms with E-state index in [2.05, 4.69) is 9.88 Å². The number of carbonyl (C=O) groups is 4. The number of rotatable bonds is 17. The molecule has 2 heterocycles. The maximum atomic E-state index is 14.2. The largest absolute Gasteiger partial charge is 0.497 e. The molecular formula is C37H46ClN3O8S. The SMILES string of the molecule is CCC[C@H](CC(=O)[C@@H]1CC2(CC(c3cccc(Cl)c3)=NO2)CN1C(=O)CC(NS(=O)(=O)c1ccc(OC)cc1)C(C)C)C(=O)C(=O)CC1CC1. The number of ketones is 3. The smallest absolute Gasteiger partial charge is 0.240 e. The Morgan fingerprint density at radius 3 is 2.44 bits per heavy atom. The third-order valence-electron chi connectivity index (χ3n) is 9.87. The maximum Gasteiger partial charge on any atom is 0.240 e. The number of halogens is 1. The third kappa shape index (κ3) is 8.99. The molecule has 13 heteroatoms. The van der Waals surface area contributed by atoms with E-state index < -0.39 is 51.1 Å². The number of likely N-dealkylation sites (tertiary alicyclic amines) is 1. The van der Waals surface area contributed by atoms with Crippen LogP contribution in [0.4, 0.5) is 0 Å². The van der Waals surface area contributed by atoms with Crippen LogP contribution in [0.1, 0.15) is 84.1 Å². The summed E-state index contributed by atoms with van der Waals surface area (Å²) >= 11 is 6.23. The molecule has 2 fully saturated rings. The van der Waals surface area contributed by atoms with E-state index >= 15 is 0 Å². The van der Waals surface area contributed by atoms with Gasteiger partial charge in [-0.25, -0.2) is 13.1 Å². The molecule has 3 aliphatic rings. The predicted octanol–water partition coefficient (Wildman–Crippen LogP) is 5.52. The molecule has 0 radical (unpaired) electrons. The van der Waals surface area contributed by atoms with Gasteiger partial charge in [0.05, 0.1) is 30.3 Å². The molecule has 50 heavy (non-hydrogen) atoms. The molecule has 2 aromatic carbocycles. The van der Waals surface area contributed by atoms with Gasteiger partial charge in [0.1, 0.15) is 5.75 Å². The second-order valence-corrected chi connectivity index (χ2v) is 16.3. The van der Waals surface area contributed by atoms with E-state index in [-0.39, 0.29) is 54.7 Å². The minimum absolute atomic E-state index is 0.0255. The summed E-state index contributed by atoms with van der Waals surface area (Å²) < 4.78 is 34.5.